The molecule has 0 spiro atoms. The van der Waals surface area contributed by atoms with Crippen molar-refractivity contribution in [3.63, 3.8) is 0 Å². The van der Waals surface area contributed by atoms with Crippen molar-refractivity contribution in [2.24, 2.45) is 0 Å². The van der Waals surface area contributed by atoms with E-state index in [1.54, 1.807) is 0 Å². The van der Waals surface area contributed by atoms with Gasteiger partial charge >= 0.3 is 0 Å². The van der Waals surface area contributed by atoms with Crippen LogP contribution in [0.1, 0.15) is 32.8 Å². The number of morpholine rings is 1. The molecule has 116 valence electrons. The van der Waals surface area contributed by atoms with Crippen LogP contribution < -0.4 is 0 Å². The van der Waals surface area contributed by atoms with Crippen molar-refractivity contribution >= 4 is 17.3 Å². The molecule has 1 saturated heterocycles. The van der Waals surface area contributed by atoms with Gasteiger partial charge in [0.1, 0.15) is 0 Å². The summed E-state index contributed by atoms with van der Waals surface area (Å²) < 4.78 is 5.46. The van der Waals surface area contributed by atoms with Gasteiger partial charge in [0.15, 0.2) is 0 Å². The Kier molecular flexibility index (Phi) is 5.91. The summed E-state index contributed by atoms with van der Waals surface area (Å²) in [5.74, 6) is 1.18. The van der Waals surface area contributed by atoms with E-state index in [1.165, 1.54) is 28.2 Å². The summed E-state index contributed by atoms with van der Waals surface area (Å²) in [7, 11) is 0. The summed E-state index contributed by atoms with van der Waals surface area (Å²) in [4.78, 5) is 3.82. The fourth-order valence-electron chi connectivity index (χ4n) is 2.64. The molecule has 3 heteroatoms. The molecule has 0 atom stereocenters. The monoisotopic (exact) mass is 305 g/mol. The zero-order chi connectivity index (χ0) is 15.3. The van der Waals surface area contributed by atoms with Gasteiger partial charge in [-0.15, -0.1) is 11.8 Å². The van der Waals surface area contributed by atoms with E-state index in [-0.39, 0.29) is 5.54 Å². The zero-order valence-corrected chi connectivity index (χ0v) is 14.3. The molecule has 0 radical (unpaired) electrons. The number of hydrogen-bond acceptors (Lipinski definition) is 3. The third-order valence-corrected chi connectivity index (χ3v) is 5.43. The predicted molar refractivity (Wildman–Crippen MR) is 93.0 cm³/mol. The van der Waals surface area contributed by atoms with Crippen LogP contribution in [0.25, 0.3) is 5.57 Å². The molecule has 0 saturated carbocycles. The van der Waals surface area contributed by atoms with Crippen LogP contribution >= 0.6 is 11.8 Å². The maximum absolute atomic E-state index is 5.46. The molecule has 0 aromatic heterocycles. The van der Waals surface area contributed by atoms with Gasteiger partial charge < -0.3 is 4.74 Å². The first-order chi connectivity index (χ1) is 10.1. The van der Waals surface area contributed by atoms with E-state index in [9.17, 15) is 0 Å². The fraction of sp³-hybridized carbons (Fsp3) is 0.556. The molecular weight excluding hydrogens is 278 g/mol. The lowest BCUT2D eigenvalue weighted by Gasteiger charge is -2.42. The third kappa shape index (κ3) is 4.12. The molecule has 1 aromatic rings. The normalized spacial score (nSPS) is 16.9. The molecule has 0 aliphatic carbocycles. The summed E-state index contributed by atoms with van der Waals surface area (Å²) in [5.41, 5.74) is 2.41. The minimum Gasteiger partial charge on any atom is -0.379 e. The van der Waals surface area contributed by atoms with E-state index < -0.39 is 0 Å². The van der Waals surface area contributed by atoms with Crippen molar-refractivity contribution in [2.75, 3.05) is 32.1 Å². The second-order valence-corrected chi connectivity index (χ2v) is 7.18. The van der Waals surface area contributed by atoms with E-state index in [2.05, 4.69) is 56.5 Å². The zero-order valence-electron chi connectivity index (χ0n) is 13.5. The Bertz CT molecular complexity index is 461. The number of benzene rings is 1. The van der Waals surface area contributed by atoms with E-state index in [0.717, 1.165) is 26.3 Å². The molecule has 1 aromatic carbocycles. The van der Waals surface area contributed by atoms with Gasteiger partial charge in [0, 0.05) is 23.5 Å². The number of rotatable bonds is 6. The smallest absolute Gasteiger partial charge is 0.0594 e. The summed E-state index contributed by atoms with van der Waals surface area (Å²) in [6.07, 6.45) is 1.21. The van der Waals surface area contributed by atoms with E-state index >= 15 is 0 Å². The maximum atomic E-state index is 5.46. The summed E-state index contributed by atoms with van der Waals surface area (Å²) >= 11 is 1.92. The average Bonchev–Trinajstić information content (AvgIpc) is 2.53. The van der Waals surface area contributed by atoms with Gasteiger partial charge in [-0.3, -0.25) is 4.90 Å². The molecule has 1 aliphatic heterocycles. The van der Waals surface area contributed by atoms with Crippen LogP contribution in [0.3, 0.4) is 0 Å². The van der Waals surface area contributed by atoms with E-state index in [4.69, 9.17) is 4.74 Å². The lowest BCUT2D eigenvalue weighted by Crippen LogP contribution is -2.50. The summed E-state index contributed by atoms with van der Waals surface area (Å²) in [6.45, 7) is 14.7. The molecule has 1 fully saturated rings. The summed E-state index contributed by atoms with van der Waals surface area (Å²) in [5, 5.41) is 0. The van der Waals surface area contributed by atoms with Gasteiger partial charge in [-0.05, 0) is 49.3 Å². The first kappa shape index (κ1) is 16.6. The Morgan fingerprint density at radius 2 is 1.86 bits per heavy atom. The van der Waals surface area contributed by atoms with Crippen molar-refractivity contribution in [2.45, 2.75) is 37.6 Å². The number of nitrogens with zero attached hydrogens (tertiary/aromatic N) is 1. The highest BCUT2D eigenvalue weighted by Crippen LogP contribution is 2.32. The molecule has 21 heavy (non-hydrogen) atoms. The van der Waals surface area contributed by atoms with E-state index in [0.29, 0.717) is 0 Å². The Hall–Kier alpha value is -0.770. The molecule has 0 N–H and O–H groups in total. The molecule has 0 unspecified atom stereocenters. The Morgan fingerprint density at radius 3 is 2.43 bits per heavy atom. The highest BCUT2D eigenvalue weighted by atomic mass is 32.2. The Morgan fingerprint density at radius 1 is 1.24 bits per heavy atom. The van der Waals surface area contributed by atoms with Gasteiger partial charge in [-0.2, -0.15) is 0 Å². The highest BCUT2D eigenvalue weighted by Gasteiger charge is 2.31. The summed E-state index contributed by atoms with van der Waals surface area (Å²) in [6, 6.07) is 8.86. The number of ether oxygens (including phenoxy) is 1. The molecule has 2 rings (SSSR count). The SMILES string of the molecule is C=C(c1ccc(SCCC)cc1)C(C)(C)N1CCOCC1. The van der Waals surface area contributed by atoms with Crippen molar-refractivity contribution in [1.82, 2.24) is 4.90 Å². The first-order valence-corrected chi connectivity index (χ1v) is 8.79. The van der Waals surface area contributed by atoms with Crippen LogP contribution in [-0.2, 0) is 4.74 Å². The Labute approximate surface area is 133 Å². The lowest BCUT2D eigenvalue weighted by molar-refractivity contribution is 0.00761. The fourth-order valence-corrected chi connectivity index (χ4v) is 3.41. The molecule has 0 amide bonds. The predicted octanol–water partition coefficient (Wildman–Crippen LogP) is 4.31. The minimum absolute atomic E-state index is 0.0259. The van der Waals surface area contributed by atoms with Crippen LogP contribution in [0, 0.1) is 0 Å². The molecule has 2 nitrogen and oxygen atoms in total. The average molecular weight is 305 g/mol. The first-order valence-electron chi connectivity index (χ1n) is 7.81. The molecule has 0 bridgehead atoms. The standard InChI is InChI=1S/C18H27NOS/c1-5-14-21-17-8-6-16(7-9-17)15(2)18(3,4)19-10-12-20-13-11-19/h6-9H,2,5,10-14H2,1,3-4H3. The number of hydrogen-bond donors (Lipinski definition) is 0. The lowest BCUT2D eigenvalue weighted by atomic mass is 9.87. The highest BCUT2D eigenvalue weighted by molar-refractivity contribution is 7.99. The molecular formula is C18H27NOS. The van der Waals surface area contributed by atoms with Crippen LogP contribution in [0.15, 0.2) is 35.7 Å². The van der Waals surface area contributed by atoms with Gasteiger partial charge in [0.25, 0.3) is 0 Å². The van der Waals surface area contributed by atoms with Crippen LogP contribution in [0.5, 0.6) is 0 Å². The molecule has 1 heterocycles. The minimum atomic E-state index is -0.0259. The van der Waals surface area contributed by atoms with Crippen molar-refractivity contribution in [3.05, 3.63) is 36.4 Å². The van der Waals surface area contributed by atoms with Crippen molar-refractivity contribution < 1.29 is 4.74 Å². The van der Waals surface area contributed by atoms with Gasteiger partial charge in [0.2, 0.25) is 0 Å². The second-order valence-electron chi connectivity index (χ2n) is 6.01. The third-order valence-electron chi connectivity index (χ3n) is 4.22. The van der Waals surface area contributed by atoms with Gasteiger partial charge in [0.05, 0.1) is 13.2 Å². The van der Waals surface area contributed by atoms with Crippen LogP contribution in [0.4, 0.5) is 0 Å². The van der Waals surface area contributed by atoms with Crippen LogP contribution in [-0.4, -0.2) is 42.5 Å². The molecule has 1 aliphatic rings. The quantitative estimate of drug-likeness (QED) is 0.727. The van der Waals surface area contributed by atoms with Gasteiger partial charge in [-0.1, -0.05) is 25.6 Å². The largest absolute Gasteiger partial charge is 0.379 e. The van der Waals surface area contributed by atoms with Crippen LogP contribution in [0.2, 0.25) is 0 Å². The topological polar surface area (TPSA) is 12.5 Å². The Balaban J connectivity index is 2.07. The van der Waals surface area contributed by atoms with Crippen molar-refractivity contribution in [1.29, 1.82) is 0 Å². The maximum Gasteiger partial charge on any atom is 0.0594 e. The second kappa shape index (κ2) is 7.48. The van der Waals surface area contributed by atoms with Crippen molar-refractivity contribution in [3.8, 4) is 0 Å². The van der Waals surface area contributed by atoms with Gasteiger partial charge in [-0.25, -0.2) is 0 Å². The number of thioether (sulfide) groups is 1. The van der Waals surface area contributed by atoms with E-state index in [1.807, 2.05) is 11.8 Å².